The van der Waals surface area contributed by atoms with Crippen molar-refractivity contribution in [3.8, 4) is 0 Å². The van der Waals surface area contributed by atoms with Crippen LogP contribution in [0.1, 0.15) is 6.99 Å². The van der Waals surface area contributed by atoms with Gasteiger partial charge in [0.25, 0.3) is 0 Å². The molecule has 0 amide bonds. The number of benzene rings is 1. The summed E-state index contributed by atoms with van der Waals surface area (Å²) in [6.45, 7) is 2.00. The quantitative estimate of drug-likeness (QED) is 0.256. The van der Waals surface area contributed by atoms with E-state index in [-0.39, 0.29) is 31.0 Å². The van der Waals surface area contributed by atoms with Gasteiger partial charge in [0.15, 0.2) is 0 Å². The molecule has 6 heteroatoms. The van der Waals surface area contributed by atoms with Crippen LogP contribution in [-0.4, -0.2) is 22.4 Å². The standard InChI is InChI=1S/C7H9N.BH3O3.Na.H/c1-6-4-2-3-5-7(6)8;2-1(3)4;;/h2-5H,8H2,1H3;2-4H;;/q;;+1;-1. The van der Waals surface area contributed by atoms with Crippen molar-refractivity contribution < 1.29 is 46.1 Å². The summed E-state index contributed by atoms with van der Waals surface area (Å²) in [6, 6.07) is 7.80. The minimum Gasteiger partial charge on any atom is -1.00 e. The molecule has 0 aromatic heterocycles. The van der Waals surface area contributed by atoms with Crippen LogP contribution in [0.15, 0.2) is 24.3 Å². The molecule has 0 unspecified atom stereocenters. The zero-order valence-corrected chi connectivity index (χ0v) is 9.81. The van der Waals surface area contributed by atoms with Crippen LogP contribution in [0.25, 0.3) is 0 Å². The molecular weight excluding hydrogens is 180 g/mol. The predicted molar refractivity (Wildman–Crippen MR) is 49.1 cm³/mol. The fourth-order valence-corrected chi connectivity index (χ4v) is 0.587. The number of hydrogen-bond donors (Lipinski definition) is 4. The fraction of sp³-hybridized carbons (Fsp3) is 0.143. The third-order valence-corrected chi connectivity index (χ3v) is 1.19. The van der Waals surface area contributed by atoms with E-state index in [4.69, 9.17) is 20.8 Å². The van der Waals surface area contributed by atoms with Crippen LogP contribution in [0.3, 0.4) is 0 Å². The minimum atomic E-state index is -2.17. The molecule has 1 aromatic carbocycles. The van der Waals surface area contributed by atoms with E-state index >= 15 is 0 Å². The summed E-state index contributed by atoms with van der Waals surface area (Å²) < 4.78 is 0. The molecule has 0 aliphatic carbocycles. The second-order valence-electron chi connectivity index (χ2n) is 2.20. The molecule has 0 radical (unpaired) electrons. The maximum atomic E-state index is 7.17. The monoisotopic (exact) mass is 193 g/mol. The van der Waals surface area contributed by atoms with Crippen LogP contribution in [0, 0.1) is 6.92 Å². The molecule has 0 aliphatic rings. The Morgan fingerprint density at radius 2 is 1.62 bits per heavy atom. The number of aryl methyl sites for hydroxylation is 1. The first kappa shape index (κ1) is 15.4. The topological polar surface area (TPSA) is 86.7 Å². The Morgan fingerprint density at radius 3 is 1.85 bits per heavy atom. The van der Waals surface area contributed by atoms with Gasteiger partial charge >= 0.3 is 36.9 Å². The smallest absolute Gasteiger partial charge is 1.00 e. The molecule has 1 aromatic rings. The maximum absolute atomic E-state index is 7.17. The van der Waals surface area contributed by atoms with E-state index in [1.807, 2.05) is 31.2 Å². The molecule has 0 aliphatic heterocycles. The van der Waals surface area contributed by atoms with Gasteiger partial charge in [-0.05, 0) is 18.6 Å². The number of nitrogens with two attached hydrogens (primary N) is 1. The van der Waals surface area contributed by atoms with Crippen LogP contribution < -0.4 is 35.3 Å². The number of para-hydroxylation sites is 1. The summed E-state index contributed by atoms with van der Waals surface area (Å²) in [5.74, 6) is 0. The van der Waals surface area contributed by atoms with E-state index in [0.717, 1.165) is 11.3 Å². The van der Waals surface area contributed by atoms with Crippen molar-refractivity contribution >= 4 is 13.0 Å². The van der Waals surface area contributed by atoms with Crippen molar-refractivity contribution in [2.75, 3.05) is 5.73 Å². The molecule has 13 heavy (non-hydrogen) atoms. The third-order valence-electron chi connectivity index (χ3n) is 1.19. The minimum absolute atomic E-state index is 0. The van der Waals surface area contributed by atoms with E-state index in [0.29, 0.717) is 0 Å². The molecule has 0 spiro atoms. The number of hydrogen-bond acceptors (Lipinski definition) is 4. The van der Waals surface area contributed by atoms with Crippen LogP contribution in [0.4, 0.5) is 5.69 Å². The van der Waals surface area contributed by atoms with Gasteiger partial charge in [-0.2, -0.15) is 0 Å². The maximum Gasteiger partial charge on any atom is 1.00 e. The summed E-state index contributed by atoms with van der Waals surface area (Å²) in [5.41, 5.74) is 7.53. The molecule has 0 heterocycles. The van der Waals surface area contributed by atoms with E-state index < -0.39 is 7.32 Å². The summed E-state index contributed by atoms with van der Waals surface area (Å²) in [5, 5.41) is 21.5. The first-order valence-corrected chi connectivity index (χ1v) is 3.39. The van der Waals surface area contributed by atoms with Crippen LogP contribution in [-0.2, 0) is 0 Å². The Balaban J connectivity index is -0.000000180. The average molecular weight is 193 g/mol. The van der Waals surface area contributed by atoms with Crippen molar-refractivity contribution in [1.29, 1.82) is 0 Å². The molecule has 68 valence electrons. The average Bonchev–Trinajstić information content (AvgIpc) is 1.94. The molecule has 0 saturated carbocycles. The van der Waals surface area contributed by atoms with E-state index in [2.05, 4.69) is 0 Å². The molecule has 5 N–H and O–H groups in total. The Kier molecular flexibility index (Phi) is 10.2. The van der Waals surface area contributed by atoms with E-state index in [1.54, 1.807) is 0 Å². The van der Waals surface area contributed by atoms with Gasteiger partial charge in [0.05, 0.1) is 0 Å². The van der Waals surface area contributed by atoms with Gasteiger partial charge in [-0.25, -0.2) is 0 Å². The molecule has 0 atom stereocenters. The van der Waals surface area contributed by atoms with Gasteiger partial charge in [-0.3, -0.25) is 0 Å². The summed E-state index contributed by atoms with van der Waals surface area (Å²) in [4.78, 5) is 0. The van der Waals surface area contributed by atoms with Crippen molar-refractivity contribution in [3.05, 3.63) is 29.8 Å². The second kappa shape index (κ2) is 8.56. The number of nitrogen functional groups attached to an aromatic ring is 1. The summed E-state index contributed by atoms with van der Waals surface area (Å²) in [7, 11) is -2.17. The van der Waals surface area contributed by atoms with Gasteiger partial charge in [0, 0.05) is 5.69 Å². The normalized spacial score (nSPS) is 7.69. The number of anilines is 1. The van der Waals surface area contributed by atoms with Gasteiger partial charge in [-0.15, -0.1) is 0 Å². The van der Waals surface area contributed by atoms with Crippen molar-refractivity contribution in [3.63, 3.8) is 0 Å². The van der Waals surface area contributed by atoms with Gasteiger partial charge in [0.2, 0.25) is 0 Å². The molecule has 0 bridgehead atoms. The number of rotatable bonds is 0. The molecule has 4 nitrogen and oxygen atoms in total. The Bertz CT molecular complexity index is 216. The first-order chi connectivity index (χ1) is 5.54. The van der Waals surface area contributed by atoms with Gasteiger partial charge in [-0.1, -0.05) is 18.2 Å². The SMILES string of the molecule is Cc1ccccc1N.OB(O)O.[H-].[Na+]. The summed E-state index contributed by atoms with van der Waals surface area (Å²) >= 11 is 0. The molecule has 0 fully saturated rings. The van der Waals surface area contributed by atoms with E-state index in [1.165, 1.54) is 0 Å². The van der Waals surface area contributed by atoms with Crippen molar-refractivity contribution in [2.24, 2.45) is 0 Å². The fourth-order valence-electron chi connectivity index (χ4n) is 0.587. The molecule has 1 rings (SSSR count). The van der Waals surface area contributed by atoms with Crippen molar-refractivity contribution in [1.82, 2.24) is 0 Å². The summed E-state index contributed by atoms with van der Waals surface area (Å²) in [6.07, 6.45) is 0. The largest absolute Gasteiger partial charge is 1.00 e. The van der Waals surface area contributed by atoms with Crippen LogP contribution >= 0.6 is 0 Å². The Morgan fingerprint density at radius 1 is 1.23 bits per heavy atom. The van der Waals surface area contributed by atoms with Gasteiger partial charge < -0.3 is 22.2 Å². The first-order valence-electron chi connectivity index (χ1n) is 3.39. The predicted octanol–water partition coefficient (Wildman–Crippen LogP) is -3.36. The van der Waals surface area contributed by atoms with Crippen LogP contribution in [0.5, 0.6) is 0 Å². The van der Waals surface area contributed by atoms with Crippen LogP contribution in [0.2, 0.25) is 0 Å². The van der Waals surface area contributed by atoms with Crippen molar-refractivity contribution in [2.45, 2.75) is 6.92 Å². The zero-order chi connectivity index (χ0) is 9.56. The molecular formula is C7H13BNNaO3. The van der Waals surface area contributed by atoms with Gasteiger partial charge in [0.1, 0.15) is 0 Å². The Labute approximate surface area is 101 Å². The van der Waals surface area contributed by atoms with E-state index in [9.17, 15) is 0 Å². The third kappa shape index (κ3) is 9.88. The Hall–Kier alpha value is -0.0351. The molecule has 0 saturated heterocycles. The zero-order valence-electron chi connectivity index (χ0n) is 8.81. The second-order valence-corrected chi connectivity index (χ2v) is 2.20.